The third-order valence-electron chi connectivity index (χ3n) is 12.6. The van der Waals surface area contributed by atoms with Crippen LogP contribution in [0.5, 0.6) is 0 Å². The Kier molecular flexibility index (Phi) is 69.9. The maximum Gasteiger partial charge on any atom is 0.323 e. The van der Waals surface area contributed by atoms with Crippen molar-refractivity contribution in [1.29, 1.82) is 0 Å². The molecular weight excluding hydrogens is 1550 g/mol. The normalized spacial score (nSPS) is 12.6. The molecule has 8 atom stereocenters. The van der Waals surface area contributed by atoms with Gasteiger partial charge in [-0.15, -0.1) is 0 Å². The summed E-state index contributed by atoms with van der Waals surface area (Å²) in [6.45, 7) is 8.56. The first-order chi connectivity index (χ1) is 52.0. The number of amides is 8. The zero-order valence-electron chi connectivity index (χ0n) is 62.3. The number of nitrogens with zero attached hydrogens (tertiary/aromatic N) is 4. The van der Waals surface area contributed by atoms with Gasteiger partial charge in [-0.25, -0.2) is 21.8 Å². The molecule has 0 saturated carbocycles. The van der Waals surface area contributed by atoms with Crippen LogP contribution in [-0.2, 0) is 119 Å². The largest absolute Gasteiger partial charge is 0.480 e. The van der Waals surface area contributed by atoms with Gasteiger partial charge in [0.15, 0.2) is 23.8 Å². The molecule has 48 nitrogen and oxygen atoms in total. The van der Waals surface area contributed by atoms with Crippen molar-refractivity contribution < 1.29 is 112 Å². The maximum absolute atomic E-state index is 11.8. The minimum Gasteiger partial charge on any atom is -0.480 e. The van der Waals surface area contributed by atoms with Crippen LogP contribution in [0.1, 0.15) is 143 Å². The van der Waals surface area contributed by atoms with E-state index < -0.39 is 123 Å². The lowest BCUT2D eigenvalue weighted by Gasteiger charge is -2.14. The number of hydrogen-bond acceptors (Lipinski definition) is 24. The number of carbonyl (C=O) groups excluding carboxylic acids is 8. The molecule has 0 radical (unpaired) electrons. The molecule has 0 aromatic carbocycles. The van der Waals surface area contributed by atoms with Crippen molar-refractivity contribution in [3.8, 4) is 0 Å². The van der Waals surface area contributed by atoms with Gasteiger partial charge in [-0.3, -0.25) is 89.2 Å². The van der Waals surface area contributed by atoms with Gasteiger partial charge in [0.1, 0.15) is 30.7 Å². The number of nitrogens with one attached hydrogen (secondary N) is 12. The first kappa shape index (κ1) is 107. The summed E-state index contributed by atoms with van der Waals surface area (Å²) in [7, 11) is 0. The van der Waals surface area contributed by atoms with Crippen LogP contribution in [0, 0.1) is 0 Å². The summed E-state index contributed by atoms with van der Waals surface area (Å²) in [4.78, 5) is 152. The van der Waals surface area contributed by atoms with Crippen molar-refractivity contribution in [2.75, 3.05) is 105 Å². The number of carboxylic acid groups (broad SMARTS) is 4. The fourth-order valence-corrected chi connectivity index (χ4v) is 9.75. The Labute approximate surface area is 648 Å². The Balaban J connectivity index is -0.000000681. The molecule has 636 valence electrons. The molecular formula is C58H116N24O24S4. The molecule has 0 aliphatic carbocycles. The van der Waals surface area contributed by atoms with E-state index in [1.54, 1.807) is 0 Å². The second kappa shape index (κ2) is 71.6. The summed E-state index contributed by atoms with van der Waals surface area (Å²) in [6.07, 6.45) is 8.35. The van der Waals surface area contributed by atoms with Crippen molar-refractivity contribution >= 4 is 140 Å². The van der Waals surface area contributed by atoms with Crippen molar-refractivity contribution in [2.24, 2.45) is 65.8 Å². The highest BCUT2D eigenvalue weighted by Crippen LogP contribution is 2.00. The van der Waals surface area contributed by atoms with Gasteiger partial charge < -0.3 is 109 Å². The molecule has 0 aliphatic heterocycles. The number of aliphatic imine (C=N–C) groups is 4. The Morgan fingerprint density at radius 2 is 0.536 bits per heavy atom. The quantitative estimate of drug-likeness (QED) is 0.0153. The second-order valence-electron chi connectivity index (χ2n) is 22.3. The summed E-state index contributed by atoms with van der Waals surface area (Å²) in [5.74, 6) is -8.56. The summed E-state index contributed by atoms with van der Waals surface area (Å²) in [5, 5.41) is 56.1. The van der Waals surface area contributed by atoms with Gasteiger partial charge in [-0.2, -0.15) is 18.9 Å². The van der Waals surface area contributed by atoms with E-state index in [1.807, 2.05) is 27.7 Å². The average molecular weight is 1660 g/mol. The molecule has 0 rings (SSSR count). The zero-order chi connectivity index (χ0) is 84.0. The van der Waals surface area contributed by atoms with Gasteiger partial charge in [0.2, 0.25) is 92.3 Å². The van der Waals surface area contributed by atoms with E-state index in [9.17, 15) is 74.4 Å². The second-order valence-corrected chi connectivity index (χ2v) is 26.0. The predicted molar refractivity (Wildman–Crippen MR) is 407 cm³/mol. The summed E-state index contributed by atoms with van der Waals surface area (Å²) in [6, 6.07) is -5.08. The van der Waals surface area contributed by atoms with Crippen LogP contribution in [0.2, 0.25) is 0 Å². The van der Waals surface area contributed by atoms with E-state index in [1.165, 1.54) is 0 Å². The summed E-state index contributed by atoms with van der Waals surface area (Å²) < 4.78 is 75.2. The van der Waals surface area contributed by atoms with Gasteiger partial charge in [0, 0.05) is 110 Å². The number of carbonyl (C=O) groups is 12. The third kappa shape index (κ3) is 74.5. The SMILES string of the molecule is CCCCOS(=O)NC(CNC(=O)CCNC(=O)CCCCN=C(N)N)C(=O)O.CCCCOS(=O)NC(CNC(=O)CCNC(=O)CCCN=C(N)N)C(=O)O.CCCCOS(=O)NC(CNC(=O)CCNC(=O)CCN=C(N)N)C(=O)O.CCCCOS(=O)NC(CNC(=O)CCNC(=O)CN=C(N)N)C(=O)O. The molecule has 8 unspecified atom stereocenters. The monoisotopic (exact) mass is 1660 g/mol. The average Bonchev–Trinajstić information content (AvgIpc) is 0.946. The van der Waals surface area contributed by atoms with Gasteiger partial charge in [-0.1, -0.05) is 53.4 Å². The van der Waals surface area contributed by atoms with Crippen molar-refractivity contribution in [3.05, 3.63) is 0 Å². The Hall–Kier alpha value is -9.00. The Morgan fingerprint density at radius 3 is 0.800 bits per heavy atom. The first-order valence-electron chi connectivity index (χ1n) is 34.5. The molecule has 8 amide bonds. The highest BCUT2D eigenvalue weighted by Gasteiger charge is 2.25. The highest BCUT2D eigenvalue weighted by molar-refractivity contribution is 7.78. The lowest BCUT2D eigenvalue weighted by Crippen LogP contribution is -2.47. The molecule has 110 heavy (non-hydrogen) atoms. The van der Waals surface area contributed by atoms with Gasteiger partial charge in [-0.05, 0) is 44.9 Å². The number of guanidine groups is 4. The lowest BCUT2D eigenvalue weighted by molar-refractivity contribution is -0.140. The summed E-state index contributed by atoms with van der Waals surface area (Å²) >= 11 is -7.89. The molecule has 0 spiro atoms. The highest BCUT2D eigenvalue weighted by atomic mass is 32.2. The number of nitrogens with two attached hydrogens (primary N) is 8. The standard InChI is InChI=1S/C16H32N6O6S.C15H30N6O6S.C14H28N6O6S.C13H26N6O6S/c1-2-3-10-28-29(27)22-12(15(25)26)11-21-14(24)7-9-19-13(23)6-4-5-8-20-16(17)18;1-2-3-9-27-28(26)21-11(14(24)25)10-20-13(23)6-8-18-12(22)5-4-7-19-15(16)17;1-2-3-8-26-27(25)20-10(13(23)24)9-19-12(22)4-6-17-11(21)5-7-18-14(15)16;1-2-3-6-25-26(24)19-9(12(22)23)7-17-10(20)4-5-16-11(21)8-18-13(14)15/h12,22H,2-11H2,1H3,(H,19,23)(H,21,24)(H,25,26)(H4,17,18,20);11,21H,2-10H2,1H3,(H,18,22)(H,20,23)(H,24,25)(H4,16,17,19);10,20H,2-9H2,1H3,(H,17,21)(H,19,22)(H,23,24)(H4,15,16,18);9,19H,2-8H2,1H3,(H,16,21)(H,17,20)(H,22,23)(H4,14,15,18). The molecule has 52 heteroatoms. The number of hydrogen-bond donors (Lipinski definition) is 24. The third-order valence-corrected chi connectivity index (χ3v) is 16.0. The Bertz CT molecular complexity index is 2950. The number of carboxylic acids is 4. The first-order valence-corrected chi connectivity index (χ1v) is 38.8. The predicted octanol–water partition coefficient (Wildman–Crippen LogP) is -8.38. The maximum atomic E-state index is 11.8. The summed E-state index contributed by atoms with van der Waals surface area (Å²) in [5.41, 5.74) is 41.1. The van der Waals surface area contributed by atoms with Gasteiger partial charge in [0.05, 0.1) is 33.0 Å². The molecule has 0 fully saturated rings. The minimum absolute atomic E-state index is 0.0102. The van der Waals surface area contributed by atoms with E-state index in [0.717, 1.165) is 25.7 Å². The zero-order valence-corrected chi connectivity index (χ0v) is 65.6. The van der Waals surface area contributed by atoms with E-state index in [2.05, 4.69) is 81.4 Å². The number of rotatable bonds is 62. The Morgan fingerprint density at radius 1 is 0.300 bits per heavy atom. The van der Waals surface area contributed by atoms with Crippen LogP contribution in [0.25, 0.3) is 0 Å². The van der Waals surface area contributed by atoms with Crippen molar-refractivity contribution in [2.45, 2.75) is 167 Å². The molecule has 0 saturated heterocycles. The van der Waals surface area contributed by atoms with Crippen LogP contribution in [-0.4, -0.2) is 261 Å². The van der Waals surface area contributed by atoms with Crippen LogP contribution < -0.4 is 107 Å². The fraction of sp³-hybridized carbons (Fsp3) is 0.724. The van der Waals surface area contributed by atoms with Crippen molar-refractivity contribution in [1.82, 2.24) is 61.4 Å². The number of aliphatic carboxylic acids is 4. The van der Waals surface area contributed by atoms with E-state index in [4.69, 9.17) is 83.0 Å². The molecule has 0 aliphatic rings. The van der Waals surface area contributed by atoms with E-state index >= 15 is 0 Å². The minimum atomic E-state index is -1.98. The molecule has 0 aromatic heterocycles. The fourth-order valence-electron chi connectivity index (χ4n) is 6.74. The number of unbranched alkanes of at least 4 members (excludes halogenated alkanes) is 5. The van der Waals surface area contributed by atoms with Gasteiger partial charge in [0.25, 0.3) is 0 Å². The van der Waals surface area contributed by atoms with Crippen LogP contribution in [0.3, 0.4) is 0 Å². The van der Waals surface area contributed by atoms with E-state index in [-0.39, 0.29) is 178 Å². The van der Waals surface area contributed by atoms with Crippen LogP contribution in [0.4, 0.5) is 0 Å². The smallest absolute Gasteiger partial charge is 0.323 e. The van der Waals surface area contributed by atoms with Gasteiger partial charge >= 0.3 is 23.9 Å². The molecule has 0 aromatic rings. The molecule has 0 bridgehead atoms. The van der Waals surface area contributed by atoms with Crippen LogP contribution >= 0.6 is 0 Å². The van der Waals surface area contributed by atoms with Crippen LogP contribution in [0.15, 0.2) is 20.0 Å². The topological polar surface area (TPSA) is 793 Å². The van der Waals surface area contributed by atoms with Crippen molar-refractivity contribution in [3.63, 3.8) is 0 Å². The molecule has 32 N–H and O–H groups in total. The lowest BCUT2D eigenvalue weighted by atomic mass is 10.2. The van der Waals surface area contributed by atoms with E-state index in [0.29, 0.717) is 58.0 Å². The molecule has 0 heterocycles.